The first-order valence-corrected chi connectivity index (χ1v) is 6.42. The van der Waals surface area contributed by atoms with E-state index >= 15 is 0 Å². The molecule has 2 heterocycles. The van der Waals surface area contributed by atoms with E-state index in [2.05, 4.69) is 29.0 Å². The lowest BCUT2D eigenvalue weighted by atomic mass is 10.1. The number of ether oxygens (including phenoxy) is 1. The van der Waals surface area contributed by atoms with Crippen LogP contribution in [0.1, 0.15) is 25.3 Å². The SMILES string of the molecule is CCCC1CN=Cc2cc3ncccc3cc2O1. The smallest absolute Gasteiger partial charge is 0.129 e. The molecule has 0 bridgehead atoms. The van der Waals surface area contributed by atoms with Crippen LogP contribution >= 0.6 is 0 Å². The van der Waals surface area contributed by atoms with E-state index in [-0.39, 0.29) is 6.10 Å². The third kappa shape index (κ3) is 2.08. The minimum Gasteiger partial charge on any atom is -0.488 e. The predicted octanol–water partition coefficient (Wildman–Crippen LogP) is 3.21. The molecular formula is C15H16N2O. The zero-order valence-corrected chi connectivity index (χ0v) is 10.5. The number of fused-ring (bicyclic) bond motifs is 2. The predicted molar refractivity (Wildman–Crippen MR) is 73.5 cm³/mol. The van der Waals surface area contributed by atoms with Gasteiger partial charge in [0.2, 0.25) is 0 Å². The minimum atomic E-state index is 0.196. The van der Waals surface area contributed by atoms with Crippen molar-refractivity contribution in [1.82, 2.24) is 4.98 Å². The van der Waals surface area contributed by atoms with Gasteiger partial charge in [0.1, 0.15) is 11.9 Å². The highest BCUT2D eigenvalue weighted by Gasteiger charge is 2.15. The summed E-state index contributed by atoms with van der Waals surface area (Å²) in [5.41, 5.74) is 2.01. The molecule has 2 aromatic rings. The normalized spacial score (nSPS) is 18.2. The van der Waals surface area contributed by atoms with Crippen molar-refractivity contribution in [3.63, 3.8) is 0 Å². The van der Waals surface area contributed by atoms with Crippen molar-refractivity contribution in [2.24, 2.45) is 4.99 Å². The Kier molecular flexibility index (Phi) is 2.97. The van der Waals surface area contributed by atoms with Gasteiger partial charge in [-0.05, 0) is 24.6 Å². The summed E-state index contributed by atoms with van der Waals surface area (Å²) < 4.78 is 6.05. The van der Waals surface area contributed by atoms with Gasteiger partial charge in [-0.1, -0.05) is 19.4 Å². The first-order chi connectivity index (χ1) is 8.86. The van der Waals surface area contributed by atoms with Crippen LogP contribution in [0.5, 0.6) is 5.75 Å². The summed E-state index contributed by atoms with van der Waals surface area (Å²) in [5.74, 6) is 0.926. The van der Waals surface area contributed by atoms with E-state index in [1.54, 1.807) is 0 Å². The van der Waals surface area contributed by atoms with E-state index in [1.165, 1.54) is 0 Å². The average Bonchev–Trinajstić information content (AvgIpc) is 2.58. The van der Waals surface area contributed by atoms with Gasteiger partial charge in [-0.15, -0.1) is 0 Å². The summed E-state index contributed by atoms with van der Waals surface area (Å²) in [6.45, 7) is 2.91. The summed E-state index contributed by atoms with van der Waals surface area (Å²) in [4.78, 5) is 8.80. The van der Waals surface area contributed by atoms with Gasteiger partial charge in [0.05, 0.1) is 12.1 Å². The van der Waals surface area contributed by atoms with E-state index in [0.717, 1.165) is 41.6 Å². The first-order valence-electron chi connectivity index (χ1n) is 6.42. The Morgan fingerprint density at radius 3 is 3.22 bits per heavy atom. The zero-order valence-electron chi connectivity index (χ0n) is 10.5. The van der Waals surface area contributed by atoms with Crippen LogP contribution in [0.4, 0.5) is 0 Å². The summed E-state index contributed by atoms with van der Waals surface area (Å²) in [5, 5.41) is 1.11. The molecule has 0 saturated heterocycles. The molecule has 3 rings (SSSR count). The molecular weight excluding hydrogens is 224 g/mol. The second-order valence-corrected chi connectivity index (χ2v) is 4.61. The monoisotopic (exact) mass is 240 g/mol. The largest absolute Gasteiger partial charge is 0.488 e. The summed E-state index contributed by atoms with van der Waals surface area (Å²) in [6, 6.07) is 8.12. The van der Waals surface area contributed by atoms with E-state index < -0.39 is 0 Å². The maximum Gasteiger partial charge on any atom is 0.129 e. The van der Waals surface area contributed by atoms with Crippen LogP contribution in [0, 0.1) is 0 Å². The lowest BCUT2D eigenvalue weighted by molar-refractivity contribution is 0.201. The Hall–Kier alpha value is -1.90. The molecule has 0 aliphatic carbocycles. The van der Waals surface area contributed by atoms with Crippen LogP contribution < -0.4 is 4.74 Å². The Morgan fingerprint density at radius 1 is 1.39 bits per heavy atom. The summed E-state index contributed by atoms with van der Waals surface area (Å²) in [7, 11) is 0. The van der Waals surface area contributed by atoms with Crippen LogP contribution in [-0.2, 0) is 0 Å². The molecule has 18 heavy (non-hydrogen) atoms. The van der Waals surface area contributed by atoms with E-state index in [9.17, 15) is 0 Å². The number of aromatic nitrogens is 1. The van der Waals surface area contributed by atoms with Gasteiger partial charge in [0, 0.05) is 23.4 Å². The van der Waals surface area contributed by atoms with Crippen molar-refractivity contribution < 1.29 is 4.74 Å². The third-order valence-corrected chi connectivity index (χ3v) is 3.18. The van der Waals surface area contributed by atoms with Crippen molar-refractivity contribution in [2.75, 3.05) is 6.54 Å². The van der Waals surface area contributed by atoms with Crippen LogP contribution in [-0.4, -0.2) is 23.8 Å². The summed E-state index contributed by atoms with van der Waals surface area (Å²) >= 11 is 0. The third-order valence-electron chi connectivity index (χ3n) is 3.18. The van der Waals surface area contributed by atoms with Gasteiger partial charge in [-0.3, -0.25) is 9.98 Å². The van der Waals surface area contributed by atoms with Crippen molar-refractivity contribution in [1.29, 1.82) is 0 Å². The quantitative estimate of drug-likeness (QED) is 0.807. The average molecular weight is 240 g/mol. The second-order valence-electron chi connectivity index (χ2n) is 4.61. The van der Waals surface area contributed by atoms with Gasteiger partial charge in [0.15, 0.2) is 0 Å². The Bertz CT molecular complexity index is 592. The highest BCUT2D eigenvalue weighted by atomic mass is 16.5. The highest BCUT2D eigenvalue weighted by Crippen LogP contribution is 2.27. The number of hydrogen-bond donors (Lipinski definition) is 0. The van der Waals surface area contributed by atoms with Gasteiger partial charge < -0.3 is 4.74 Å². The lowest BCUT2D eigenvalue weighted by Gasteiger charge is -2.16. The Labute approximate surface area is 107 Å². The molecule has 1 unspecified atom stereocenters. The zero-order chi connectivity index (χ0) is 12.4. The number of aliphatic imine (C=N–C) groups is 1. The highest BCUT2D eigenvalue weighted by molar-refractivity contribution is 5.92. The summed E-state index contributed by atoms with van der Waals surface area (Å²) in [6.07, 6.45) is 6.07. The van der Waals surface area contributed by atoms with Gasteiger partial charge in [0.25, 0.3) is 0 Å². The molecule has 0 amide bonds. The van der Waals surface area contributed by atoms with Crippen molar-refractivity contribution in [3.8, 4) is 5.75 Å². The van der Waals surface area contributed by atoms with Crippen molar-refractivity contribution in [3.05, 3.63) is 36.0 Å². The second kappa shape index (κ2) is 4.77. The fraction of sp³-hybridized carbons (Fsp3) is 0.333. The molecule has 1 aliphatic rings. The molecule has 3 heteroatoms. The molecule has 1 atom stereocenters. The molecule has 0 fully saturated rings. The minimum absolute atomic E-state index is 0.196. The molecule has 92 valence electrons. The number of hydrogen-bond acceptors (Lipinski definition) is 3. The number of pyridine rings is 1. The van der Waals surface area contributed by atoms with Crippen molar-refractivity contribution >= 4 is 17.1 Å². The number of nitrogens with zero attached hydrogens (tertiary/aromatic N) is 2. The van der Waals surface area contributed by atoms with Gasteiger partial charge >= 0.3 is 0 Å². The van der Waals surface area contributed by atoms with Gasteiger partial charge in [-0.2, -0.15) is 0 Å². The number of rotatable bonds is 2. The van der Waals surface area contributed by atoms with Crippen LogP contribution in [0.15, 0.2) is 35.5 Å². The van der Waals surface area contributed by atoms with E-state index in [4.69, 9.17) is 4.74 Å². The molecule has 0 spiro atoms. The first kappa shape index (κ1) is 11.2. The fourth-order valence-electron chi connectivity index (χ4n) is 2.28. The van der Waals surface area contributed by atoms with Crippen LogP contribution in [0.2, 0.25) is 0 Å². The standard InChI is InChI=1S/C15H16N2O/c1-2-4-13-10-16-9-12-7-14-11(5-3-6-17-14)8-15(12)18-13/h3,5-9,13H,2,4,10H2,1H3. The Morgan fingerprint density at radius 2 is 2.33 bits per heavy atom. The lowest BCUT2D eigenvalue weighted by Crippen LogP contribution is -2.18. The van der Waals surface area contributed by atoms with Gasteiger partial charge in [-0.25, -0.2) is 0 Å². The molecule has 3 nitrogen and oxygen atoms in total. The van der Waals surface area contributed by atoms with Crippen LogP contribution in [0.25, 0.3) is 10.9 Å². The molecule has 1 aliphatic heterocycles. The van der Waals surface area contributed by atoms with E-state index in [0.29, 0.717) is 0 Å². The molecule has 0 radical (unpaired) electrons. The topological polar surface area (TPSA) is 34.5 Å². The molecule has 0 N–H and O–H groups in total. The maximum absolute atomic E-state index is 6.05. The molecule has 1 aromatic heterocycles. The number of benzene rings is 1. The maximum atomic E-state index is 6.05. The van der Waals surface area contributed by atoms with E-state index in [1.807, 2.05) is 24.5 Å². The molecule has 0 saturated carbocycles. The van der Waals surface area contributed by atoms with Crippen molar-refractivity contribution in [2.45, 2.75) is 25.9 Å². The van der Waals surface area contributed by atoms with Crippen LogP contribution in [0.3, 0.4) is 0 Å². The molecule has 1 aromatic carbocycles. The Balaban J connectivity index is 2.05. The fourth-order valence-corrected chi connectivity index (χ4v) is 2.28.